The van der Waals surface area contributed by atoms with Gasteiger partial charge in [0.05, 0.1) is 6.61 Å². The molecule has 5 nitrogen and oxygen atoms in total. The van der Waals surface area contributed by atoms with Crippen LogP contribution in [0.15, 0.2) is 0 Å². The molecule has 0 aromatic carbocycles. The minimum atomic E-state index is -0.539. The molecule has 0 aliphatic carbocycles. The highest BCUT2D eigenvalue weighted by atomic mass is 16.5. The third-order valence-electron chi connectivity index (χ3n) is 2.01. The second-order valence-electron chi connectivity index (χ2n) is 4.28. The van der Waals surface area contributed by atoms with Gasteiger partial charge in [0, 0.05) is 14.1 Å². The van der Waals surface area contributed by atoms with E-state index in [4.69, 9.17) is 4.74 Å². The quantitative estimate of drug-likeness (QED) is 0.773. The Labute approximate surface area is 97.1 Å². The van der Waals surface area contributed by atoms with Crippen LogP contribution in [0.4, 0.5) is 4.79 Å². The summed E-state index contributed by atoms with van der Waals surface area (Å²) in [6, 6.07) is -0.506. The van der Waals surface area contributed by atoms with Crippen molar-refractivity contribution in [2.75, 3.05) is 20.7 Å². The number of alkyl carbamates (subject to hydrolysis) is 1. The van der Waals surface area contributed by atoms with Crippen LogP contribution in [-0.2, 0) is 9.53 Å². The lowest BCUT2D eigenvalue weighted by Crippen LogP contribution is -2.47. The summed E-state index contributed by atoms with van der Waals surface area (Å²) in [6.45, 7) is 6.03. The molecule has 1 atom stereocenters. The highest BCUT2D eigenvalue weighted by molar-refractivity contribution is 5.85. The summed E-state index contributed by atoms with van der Waals surface area (Å²) in [5.74, 6) is 0.220. The number of carbonyl (C=O) groups is 2. The van der Waals surface area contributed by atoms with Gasteiger partial charge < -0.3 is 15.0 Å². The smallest absolute Gasteiger partial charge is 0.407 e. The number of carbonyl (C=O) groups excluding carboxylic acids is 2. The molecule has 0 rings (SSSR count). The summed E-state index contributed by atoms with van der Waals surface area (Å²) < 4.78 is 4.76. The molecule has 0 radical (unpaired) electrons. The van der Waals surface area contributed by atoms with E-state index < -0.39 is 12.1 Å². The van der Waals surface area contributed by atoms with Crippen LogP contribution in [0.2, 0.25) is 0 Å². The molecule has 0 fully saturated rings. The second-order valence-corrected chi connectivity index (χ2v) is 4.28. The predicted molar refractivity (Wildman–Crippen MR) is 62.1 cm³/mol. The fourth-order valence-corrected chi connectivity index (χ4v) is 1.32. The first kappa shape index (κ1) is 14.7. The molecule has 0 bridgehead atoms. The topological polar surface area (TPSA) is 58.6 Å². The molecule has 0 aromatic heterocycles. The lowest BCUT2D eigenvalue weighted by molar-refractivity contribution is -0.131. The van der Waals surface area contributed by atoms with E-state index in [1.54, 1.807) is 21.0 Å². The van der Waals surface area contributed by atoms with Crippen LogP contribution >= 0.6 is 0 Å². The fraction of sp³-hybridized carbons (Fsp3) is 0.818. The summed E-state index contributed by atoms with van der Waals surface area (Å²) >= 11 is 0. The lowest BCUT2D eigenvalue weighted by Gasteiger charge is -2.22. The number of nitrogens with zero attached hydrogens (tertiary/aromatic N) is 1. The van der Waals surface area contributed by atoms with Gasteiger partial charge in [-0.3, -0.25) is 4.79 Å². The highest BCUT2D eigenvalue weighted by Gasteiger charge is 2.23. The fourth-order valence-electron chi connectivity index (χ4n) is 1.32. The molecule has 0 aliphatic heterocycles. The molecule has 0 aromatic rings. The van der Waals surface area contributed by atoms with Crippen molar-refractivity contribution in [2.24, 2.45) is 5.92 Å². The van der Waals surface area contributed by atoms with Gasteiger partial charge in [-0.05, 0) is 19.3 Å². The Morgan fingerprint density at radius 2 is 1.88 bits per heavy atom. The Morgan fingerprint density at radius 3 is 2.25 bits per heavy atom. The first-order chi connectivity index (χ1) is 7.38. The van der Waals surface area contributed by atoms with Crippen molar-refractivity contribution in [3.63, 3.8) is 0 Å². The van der Waals surface area contributed by atoms with E-state index in [9.17, 15) is 9.59 Å². The summed E-state index contributed by atoms with van der Waals surface area (Å²) in [5, 5.41) is 2.58. The van der Waals surface area contributed by atoms with Crippen LogP contribution in [0.5, 0.6) is 0 Å². The Kier molecular flexibility index (Phi) is 6.53. The minimum absolute atomic E-state index is 0.109. The van der Waals surface area contributed by atoms with Gasteiger partial charge in [0.2, 0.25) is 5.91 Å². The molecular weight excluding hydrogens is 208 g/mol. The van der Waals surface area contributed by atoms with E-state index in [0.29, 0.717) is 18.9 Å². The molecule has 0 heterocycles. The largest absolute Gasteiger partial charge is 0.450 e. The van der Waals surface area contributed by atoms with Crippen molar-refractivity contribution in [3.8, 4) is 0 Å². The van der Waals surface area contributed by atoms with Crippen LogP contribution < -0.4 is 5.32 Å². The molecule has 1 unspecified atom stereocenters. The zero-order valence-corrected chi connectivity index (χ0v) is 10.7. The van der Waals surface area contributed by atoms with Crippen LogP contribution in [0.1, 0.15) is 27.2 Å². The van der Waals surface area contributed by atoms with Crippen molar-refractivity contribution in [2.45, 2.75) is 33.2 Å². The molecule has 0 aliphatic rings. The average Bonchev–Trinajstić information content (AvgIpc) is 2.15. The number of amides is 2. The second kappa shape index (κ2) is 7.09. The van der Waals surface area contributed by atoms with E-state index >= 15 is 0 Å². The number of ether oxygens (including phenoxy) is 1. The van der Waals surface area contributed by atoms with Crippen molar-refractivity contribution in [1.82, 2.24) is 10.2 Å². The first-order valence-electron chi connectivity index (χ1n) is 5.52. The van der Waals surface area contributed by atoms with Crippen molar-refractivity contribution in [3.05, 3.63) is 0 Å². The van der Waals surface area contributed by atoms with Crippen molar-refractivity contribution < 1.29 is 14.3 Å². The van der Waals surface area contributed by atoms with Crippen LogP contribution in [0.25, 0.3) is 0 Å². The molecule has 5 heteroatoms. The van der Waals surface area contributed by atoms with E-state index in [1.165, 1.54) is 4.90 Å². The van der Waals surface area contributed by atoms with Crippen molar-refractivity contribution in [1.29, 1.82) is 0 Å². The third-order valence-corrected chi connectivity index (χ3v) is 2.01. The van der Waals surface area contributed by atoms with Gasteiger partial charge in [0.1, 0.15) is 6.04 Å². The van der Waals surface area contributed by atoms with Crippen LogP contribution in [0.3, 0.4) is 0 Å². The van der Waals surface area contributed by atoms with Crippen LogP contribution in [0, 0.1) is 5.92 Å². The summed E-state index contributed by atoms with van der Waals surface area (Å²) in [5.41, 5.74) is 0. The lowest BCUT2D eigenvalue weighted by atomic mass is 10.0. The normalized spacial score (nSPS) is 12.1. The molecule has 0 saturated heterocycles. The maximum atomic E-state index is 11.8. The van der Waals surface area contributed by atoms with Gasteiger partial charge >= 0.3 is 6.09 Å². The maximum absolute atomic E-state index is 11.8. The van der Waals surface area contributed by atoms with Gasteiger partial charge in [-0.25, -0.2) is 4.79 Å². The van der Waals surface area contributed by atoms with Gasteiger partial charge in [0.25, 0.3) is 0 Å². The van der Waals surface area contributed by atoms with E-state index in [2.05, 4.69) is 5.32 Å². The molecule has 16 heavy (non-hydrogen) atoms. The van der Waals surface area contributed by atoms with Gasteiger partial charge in [-0.2, -0.15) is 0 Å². The zero-order chi connectivity index (χ0) is 12.7. The standard InChI is InChI=1S/C11H22N2O3/c1-6-16-11(15)12-9(7-8(2)3)10(14)13(4)5/h8-9H,6-7H2,1-5H3,(H,12,15). The van der Waals surface area contributed by atoms with Gasteiger partial charge in [-0.15, -0.1) is 0 Å². The maximum Gasteiger partial charge on any atom is 0.407 e. The number of rotatable bonds is 5. The monoisotopic (exact) mass is 230 g/mol. The number of likely N-dealkylation sites (N-methyl/N-ethyl adjacent to an activating group) is 1. The molecule has 0 spiro atoms. The summed E-state index contributed by atoms with van der Waals surface area (Å²) in [6.07, 6.45) is 0.0684. The van der Waals surface area contributed by atoms with E-state index in [-0.39, 0.29) is 5.91 Å². The first-order valence-corrected chi connectivity index (χ1v) is 5.52. The highest BCUT2D eigenvalue weighted by Crippen LogP contribution is 2.07. The van der Waals surface area contributed by atoms with Gasteiger partial charge in [-0.1, -0.05) is 13.8 Å². The Bertz CT molecular complexity index is 239. The third kappa shape index (κ3) is 5.58. The number of hydrogen-bond donors (Lipinski definition) is 1. The van der Waals surface area contributed by atoms with Crippen molar-refractivity contribution >= 4 is 12.0 Å². The minimum Gasteiger partial charge on any atom is -0.450 e. The molecule has 2 amide bonds. The zero-order valence-electron chi connectivity index (χ0n) is 10.7. The molecule has 0 saturated carbocycles. The average molecular weight is 230 g/mol. The Hall–Kier alpha value is -1.26. The number of hydrogen-bond acceptors (Lipinski definition) is 3. The number of nitrogens with one attached hydrogen (secondary N) is 1. The molecular formula is C11H22N2O3. The van der Waals surface area contributed by atoms with E-state index in [1.807, 2.05) is 13.8 Å². The SMILES string of the molecule is CCOC(=O)NC(CC(C)C)C(=O)N(C)C. The van der Waals surface area contributed by atoms with E-state index in [0.717, 1.165) is 0 Å². The summed E-state index contributed by atoms with van der Waals surface area (Å²) in [4.78, 5) is 24.5. The summed E-state index contributed by atoms with van der Waals surface area (Å²) in [7, 11) is 3.34. The van der Waals surface area contributed by atoms with Gasteiger partial charge in [0.15, 0.2) is 0 Å². The Balaban J connectivity index is 4.43. The Morgan fingerprint density at radius 1 is 1.31 bits per heavy atom. The molecule has 1 N–H and O–H groups in total. The van der Waals surface area contributed by atoms with Crippen LogP contribution in [-0.4, -0.2) is 43.6 Å². The molecule has 94 valence electrons. The predicted octanol–water partition coefficient (Wildman–Crippen LogP) is 1.24.